The molecule has 2 aromatic carbocycles. The molecule has 98 valence electrons. The molecule has 2 unspecified atom stereocenters. The van der Waals surface area contributed by atoms with Crippen molar-refractivity contribution in [3.05, 3.63) is 48.0 Å². The van der Waals surface area contributed by atoms with Gasteiger partial charge in [-0.25, -0.2) is 0 Å². The average Bonchev–Trinajstić information content (AvgIpc) is 2.68. The lowest BCUT2D eigenvalue weighted by molar-refractivity contribution is 0.162. The highest BCUT2D eigenvalue weighted by atomic mass is 15.2. The van der Waals surface area contributed by atoms with Crippen LogP contribution < -0.4 is 0 Å². The van der Waals surface area contributed by atoms with Crippen LogP contribution in [0.25, 0.3) is 10.8 Å². The predicted octanol–water partition coefficient (Wildman–Crippen LogP) is 4.18. The van der Waals surface area contributed by atoms with E-state index in [1.54, 1.807) is 5.56 Å². The second-order valence-electron chi connectivity index (χ2n) is 6.33. The van der Waals surface area contributed by atoms with Crippen molar-refractivity contribution in [2.75, 3.05) is 7.05 Å². The van der Waals surface area contributed by atoms with Gasteiger partial charge in [0.15, 0.2) is 0 Å². The van der Waals surface area contributed by atoms with E-state index in [2.05, 4.69) is 54.4 Å². The minimum atomic E-state index is 0.776. The second kappa shape index (κ2) is 4.35. The van der Waals surface area contributed by atoms with Crippen molar-refractivity contribution in [1.82, 2.24) is 4.90 Å². The van der Waals surface area contributed by atoms with Crippen LogP contribution in [0.5, 0.6) is 0 Å². The van der Waals surface area contributed by atoms with E-state index in [4.69, 9.17) is 0 Å². The third-order valence-electron chi connectivity index (χ3n) is 5.34. The number of hydrogen-bond donors (Lipinski definition) is 0. The molecule has 2 aromatic rings. The fourth-order valence-corrected chi connectivity index (χ4v) is 4.15. The number of fused-ring (bicyclic) bond motifs is 3. The summed E-state index contributed by atoms with van der Waals surface area (Å²) in [5.74, 6) is 0.776. The van der Waals surface area contributed by atoms with Crippen molar-refractivity contribution in [1.29, 1.82) is 0 Å². The maximum atomic E-state index is 2.62. The van der Waals surface area contributed by atoms with Crippen LogP contribution in [0.1, 0.15) is 37.2 Å². The number of nitrogens with zero attached hydrogens (tertiary/aromatic N) is 1. The number of hydrogen-bond acceptors (Lipinski definition) is 1. The molecule has 4 rings (SSSR count). The molecular formula is C18H21N. The van der Waals surface area contributed by atoms with Gasteiger partial charge < -0.3 is 4.90 Å². The molecule has 0 radical (unpaired) electrons. The van der Waals surface area contributed by atoms with Gasteiger partial charge in [-0.15, -0.1) is 0 Å². The Kier molecular flexibility index (Phi) is 2.63. The summed E-state index contributed by atoms with van der Waals surface area (Å²) in [7, 11) is 2.32. The summed E-state index contributed by atoms with van der Waals surface area (Å²) >= 11 is 0. The van der Waals surface area contributed by atoms with Crippen LogP contribution in [0.4, 0.5) is 0 Å². The van der Waals surface area contributed by atoms with Gasteiger partial charge in [-0.2, -0.15) is 0 Å². The molecule has 1 nitrogen and oxygen atoms in total. The summed E-state index contributed by atoms with van der Waals surface area (Å²) in [5.41, 5.74) is 1.56. The lowest BCUT2D eigenvalue weighted by atomic mass is 9.84. The first-order valence-electron chi connectivity index (χ1n) is 7.52. The Hall–Kier alpha value is -1.34. The van der Waals surface area contributed by atoms with Gasteiger partial charge in [0.2, 0.25) is 0 Å². The van der Waals surface area contributed by atoms with Crippen LogP contribution >= 0.6 is 0 Å². The van der Waals surface area contributed by atoms with Crippen LogP contribution in [-0.2, 0) is 0 Å². The van der Waals surface area contributed by atoms with E-state index in [-0.39, 0.29) is 0 Å². The van der Waals surface area contributed by atoms with Crippen molar-refractivity contribution in [2.24, 2.45) is 0 Å². The Morgan fingerprint density at radius 2 is 1.58 bits per heavy atom. The molecule has 19 heavy (non-hydrogen) atoms. The lowest BCUT2D eigenvalue weighted by Crippen LogP contribution is -2.39. The normalized spacial score (nSPS) is 30.9. The van der Waals surface area contributed by atoms with E-state index >= 15 is 0 Å². The van der Waals surface area contributed by atoms with Crippen molar-refractivity contribution < 1.29 is 0 Å². The van der Waals surface area contributed by atoms with E-state index in [1.165, 1.54) is 36.5 Å². The first-order chi connectivity index (χ1) is 9.31. The van der Waals surface area contributed by atoms with E-state index < -0.39 is 0 Å². The number of benzene rings is 2. The highest BCUT2D eigenvalue weighted by Crippen LogP contribution is 2.42. The van der Waals surface area contributed by atoms with Gasteiger partial charge >= 0.3 is 0 Å². The van der Waals surface area contributed by atoms with Crippen molar-refractivity contribution >= 4 is 10.8 Å². The zero-order chi connectivity index (χ0) is 12.8. The second-order valence-corrected chi connectivity index (χ2v) is 6.33. The Morgan fingerprint density at radius 1 is 0.895 bits per heavy atom. The van der Waals surface area contributed by atoms with Crippen molar-refractivity contribution in [2.45, 2.75) is 43.7 Å². The smallest absolute Gasteiger partial charge is 0.0102 e. The molecule has 0 aliphatic carbocycles. The third kappa shape index (κ3) is 1.88. The summed E-state index contributed by atoms with van der Waals surface area (Å²) in [4.78, 5) is 2.62. The topological polar surface area (TPSA) is 3.24 Å². The Morgan fingerprint density at radius 3 is 2.32 bits per heavy atom. The first kappa shape index (κ1) is 11.5. The highest BCUT2D eigenvalue weighted by molar-refractivity contribution is 5.83. The minimum absolute atomic E-state index is 0.776. The quantitative estimate of drug-likeness (QED) is 0.735. The largest absolute Gasteiger partial charge is 0.300 e. The van der Waals surface area contributed by atoms with E-state index in [9.17, 15) is 0 Å². The van der Waals surface area contributed by atoms with Gasteiger partial charge in [0.05, 0.1) is 0 Å². The molecule has 0 spiro atoms. The van der Waals surface area contributed by atoms with E-state index in [1.807, 2.05) is 0 Å². The molecule has 2 atom stereocenters. The molecule has 2 fully saturated rings. The molecule has 1 heteroatoms. The zero-order valence-electron chi connectivity index (χ0n) is 11.5. The molecule has 2 bridgehead atoms. The standard InChI is InChI=1S/C18H21N/c1-19-17-8-9-18(19)12-16(11-17)15-7-6-13-4-2-3-5-14(13)10-15/h2-7,10,16-18H,8-9,11-12H2,1H3. The van der Waals surface area contributed by atoms with E-state index in [0.29, 0.717) is 0 Å². The maximum Gasteiger partial charge on any atom is 0.0102 e. The molecule has 2 aliphatic heterocycles. The molecule has 2 heterocycles. The van der Waals surface area contributed by atoms with Gasteiger partial charge in [-0.05, 0) is 55.0 Å². The molecule has 2 saturated heterocycles. The number of piperidine rings is 1. The van der Waals surface area contributed by atoms with Crippen LogP contribution in [0.3, 0.4) is 0 Å². The summed E-state index contributed by atoms with van der Waals surface area (Å²) < 4.78 is 0. The fourth-order valence-electron chi connectivity index (χ4n) is 4.15. The average molecular weight is 251 g/mol. The van der Waals surface area contributed by atoms with Crippen LogP contribution in [0.15, 0.2) is 42.5 Å². The Balaban J connectivity index is 1.68. The van der Waals surface area contributed by atoms with Crippen molar-refractivity contribution in [3.63, 3.8) is 0 Å². The molecule has 0 saturated carbocycles. The lowest BCUT2D eigenvalue weighted by Gasteiger charge is -2.36. The Bertz CT molecular complexity index is 589. The van der Waals surface area contributed by atoms with Crippen LogP contribution in [-0.4, -0.2) is 24.0 Å². The van der Waals surface area contributed by atoms with Crippen molar-refractivity contribution in [3.8, 4) is 0 Å². The first-order valence-corrected chi connectivity index (χ1v) is 7.52. The van der Waals surface area contributed by atoms with Crippen LogP contribution in [0.2, 0.25) is 0 Å². The summed E-state index contributed by atoms with van der Waals surface area (Å²) in [5, 5.41) is 2.76. The summed E-state index contributed by atoms with van der Waals surface area (Å²) in [6.45, 7) is 0. The summed E-state index contributed by atoms with van der Waals surface area (Å²) in [6.07, 6.45) is 5.52. The van der Waals surface area contributed by atoms with E-state index in [0.717, 1.165) is 18.0 Å². The van der Waals surface area contributed by atoms with Gasteiger partial charge in [0.1, 0.15) is 0 Å². The molecule has 0 amide bonds. The molecule has 2 aliphatic rings. The molecule has 0 N–H and O–H groups in total. The molecular weight excluding hydrogens is 230 g/mol. The summed E-state index contributed by atoms with van der Waals surface area (Å²) in [6, 6.07) is 17.4. The third-order valence-corrected chi connectivity index (χ3v) is 5.34. The SMILES string of the molecule is CN1C2CCC1CC(c1ccc3ccccc3c1)C2. The fraction of sp³-hybridized carbons (Fsp3) is 0.444. The Labute approximate surface area is 115 Å². The minimum Gasteiger partial charge on any atom is -0.300 e. The highest BCUT2D eigenvalue weighted by Gasteiger charge is 2.38. The maximum absolute atomic E-state index is 2.62. The van der Waals surface area contributed by atoms with Gasteiger partial charge in [-0.1, -0.05) is 42.5 Å². The van der Waals surface area contributed by atoms with Crippen LogP contribution in [0, 0.1) is 0 Å². The zero-order valence-corrected chi connectivity index (χ0v) is 11.5. The van der Waals surface area contributed by atoms with Gasteiger partial charge in [0, 0.05) is 12.1 Å². The predicted molar refractivity (Wildman–Crippen MR) is 80.5 cm³/mol. The number of rotatable bonds is 1. The van der Waals surface area contributed by atoms with Gasteiger partial charge in [0.25, 0.3) is 0 Å². The van der Waals surface area contributed by atoms with Gasteiger partial charge in [-0.3, -0.25) is 0 Å². The monoisotopic (exact) mass is 251 g/mol. The molecule has 0 aromatic heterocycles.